The first-order valence-electron chi connectivity index (χ1n) is 8.40. The molecule has 6 nitrogen and oxygen atoms in total. The van der Waals surface area contributed by atoms with Crippen LogP contribution in [0.25, 0.3) is 17.4 Å². The van der Waals surface area contributed by atoms with E-state index in [4.69, 9.17) is 20.8 Å². The lowest BCUT2D eigenvalue weighted by molar-refractivity contribution is -0.136. The van der Waals surface area contributed by atoms with Crippen LogP contribution in [0.15, 0.2) is 45.5 Å². The summed E-state index contributed by atoms with van der Waals surface area (Å²) in [6.45, 7) is 5.90. The van der Waals surface area contributed by atoms with Gasteiger partial charge in [0.05, 0.1) is 28.5 Å². The number of rotatable bonds is 5. The van der Waals surface area contributed by atoms with Crippen LogP contribution in [0.2, 0.25) is 5.02 Å². The average Bonchev–Trinajstić information content (AvgIpc) is 3.22. The molecule has 3 rings (SSSR count). The molecule has 0 amide bonds. The lowest BCUT2D eigenvalue weighted by atomic mass is 10.1. The van der Waals surface area contributed by atoms with Gasteiger partial charge in [-0.1, -0.05) is 30.6 Å². The maximum Gasteiger partial charge on any atom is 0.367 e. The summed E-state index contributed by atoms with van der Waals surface area (Å²) in [6, 6.07) is 8.44. The third kappa shape index (κ3) is 4.28. The number of benzene rings is 1. The standard InChI is InChI=1S/C20H18ClNO5/c1-11(2)10-25-19(23)16-8-13(4-6-17(16)21)18-7-5-14(26-18)9-15-12(3)22-27-20(15)24/h4-9,11H,10H2,1-3H3/b15-9-. The average molecular weight is 388 g/mol. The van der Waals surface area contributed by atoms with Gasteiger partial charge in [-0.15, -0.1) is 0 Å². The van der Waals surface area contributed by atoms with Crippen molar-refractivity contribution in [1.29, 1.82) is 0 Å². The molecule has 2 heterocycles. The summed E-state index contributed by atoms with van der Waals surface area (Å²) in [5.74, 6) is 0.215. The molecule has 0 spiro atoms. The smallest absolute Gasteiger partial charge is 0.367 e. The number of halogens is 1. The Labute approximate surface area is 161 Å². The molecule has 0 radical (unpaired) electrons. The van der Waals surface area contributed by atoms with Crippen molar-refractivity contribution in [2.75, 3.05) is 6.61 Å². The van der Waals surface area contributed by atoms with E-state index in [0.717, 1.165) is 0 Å². The highest BCUT2D eigenvalue weighted by atomic mass is 35.5. The summed E-state index contributed by atoms with van der Waals surface area (Å²) < 4.78 is 11.0. The highest BCUT2D eigenvalue weighted by Crippen LogP contribution is 2.28. The lowest BCUT2D eigenvalue weighted by Crippen LogP contribution is -2.10. The van der Waals surface area contributed by atoms with Gasteiger partial charge in [0.1, 0.15) is 11.5 Å². The molecule has 0 aliphatic carbocycles. The number of oxime groups is 1. The second kappa shape index (κ2) is 7.80. The molecule has 0 fully saturated rings. The quantitative estimate of drug-likeness (QED) is 0.421. The van der Waals surface area contributed by atoms with Crippen molar-refractivity contribution in [1.82, 2.24) is 0 Å². The molecule has 1 aromatic carbocycles. The molecule has 0 saturated heterocycles. The highest BCUT2D eigenvalue weighted by molar-refractivity contribution is 6.33. The van der Waals surface area contributed by atoms with Crippen LogP contribution in [0.5, 0.6) is 0 Å². The maximum atomic E-state index is 12.2. The van der Waals surface area contributed by atoms with Gasteiger partial charge >= 0.3 is 11.9 Å². The first-order valence-corrected chi connectivity index (χ1v) is 8.78. The SMILES string of the molecule is CC1=NOC(=O)/C1=C\c1ccc(-c2ccc(Cl)c(C(=O)OCC(C)C)c2)o1. The van der Waals surface area contributed by atoms with Crippen LogP contribution in [-0.2, 0) is 14.4 Å². The molecule has 0 bridgehead atoms. The fraction of sp³-hybridized carbons (Fsp3) is 0.250. The number of furan rings is 1. The number of carbonyl (C=O) groups excluding carboxylic acids is 2. The first-order chi connectivity index (χ1) is 12.8. The minimum absolute atomic E-state index is 0.228. The summed E-state index contributed by atoms with van der Waals surface area (Å²) >= 11 is 6.14. The molecule has 1 aliphatic rings. The second-order valence-electron chi connectivity index (χ2n) is 6.50. The molecule has 7 heteroatoms. The third-order valence-corrected chi connectivity index (χ3v) is 4.14. The molecule has 0 atom stereocenters. The summed E-state index contributed by atoms with van der Waals surface area (Å²) in [5.41, 5.74) is 1.76. The molecule has 1 aliphatic heterocycles. The van der Waals surface area contributed by atoms with Crippen LogP contribution < -0.4 is 0 Å². The van der Waals surface area contributed by atoms with Gasteiger partial charge in [-0.2, -0.15) is 0 Å². The Bertz CT molecular complexity index is 955. The summed E-state index contributed by atoms with van der Waals surface area (Å²) in [5, 5.41) is 3.93. The largest absolute Gasteiger partial charge is 0.462 e. The summed E-state index contributed by atoms with van der Waals surface area (Å²) in [7, 11) is 0. The number of hydrogen-bond acceptors (Lipinski definition) is 6. The van der Waals surface area contributed by atoms with E-state index in [9.17, 15) is 9.59 Å². The zero-order chi connectivity index (χ0) is 19.6. The van der Waals surface area contributed by atoms with E-state index in [-0.39, 0.29) is 11.5 Å². The minimum Gasteiger partial charge on any atom is -0.462 e. The molecule has 2 aromatic rings. The molecule has 0 unspecified atom stereocenters. The van der Waals surface area contributed by atoms with E-state index in [1.807, 2.05) is 13.8 Å². The summed E-state index contributed by atoms with van der Waals surface area (Å²) in [6.07, 6.45) is 1.56. The molecule has 27 heavy (non-hydrogen) atoms. The van der Waals surface area contributed by atoms with Crippen LogP contribution >= 0.6 is 11.6 Å². The van der Waals surface area contributed by atoms with Crippen LogP contribution in [0.3, 0.4) is 0 Å². The van der Waals surface area contributed by atoms with E-state index in [1.165, 1.54) is 0 Å². The van der Waals surface area contributed by atoms with E-state index >= 15 is 0 Å². The Balaban J connectivity index is 1.85. The fourth-order valence-corrected chi connectivity index (χ4v) is 2.60. The van der Waals surface area contributed by atoms with Crippen molar-refractivity contribution < 1.29 is 23.6 Å². The fourth-order valence-electron chi connectivity index (χ4n) is 2.40. The van der Waals surface area contributed by atoms with Gasteiger partial charge in [-0.3, -0.25) is 0 Å². The van der Waals surface area contributed by atoms with E-state index < -0.39 is 11.9 Å². The summed E-state index contributed by atoms with van der Waals surface area (Å²) in [4.78, 5) is 28.5. The number of esters is 1. The van der Waals surface area contributed by atoms with Crippen LogP contribution in [0.1, 0.15) is 36.9 Å². The monoisotopic (exact) mass is 387 g/mol. The van der Waals surface area contributed by atoms with Gasteiger partial charge in [0.25, 0.3) is 0 Å². The topological polar surface area (TPSA) is 78.1 Å². The third-order valence-electron chi connectivity index (χ3n) is 3.81. The lowest BCUT2D eigenvalue weighted by Gasteiger charge is -2.09. The predicted molar refractivity (Wildman–Crippen MR) is 101 cm³/mol. The van der Waals surface area contributed by atoms with Crippen molar-refractivity contribution in [2.24, 2.45) is 11.1 Å². The van der Waals surface area contributed by atoms with Crippen molar-refractivity contribution in [3.05, 3.63) is 52.3 Å². The van der Waals surface area contributed by atoms with Gasteiger partial charge in [0, 0.05) is 5.56 Å². The molecule has 140 valence electrons. The zero-order valence-electron chi connectivity index (χ0n) is 15.1. The number of nitrogens with zero attached hydrogens (tertiary/aromatic N) is 1. The molecular weight excluding hydrogens is 370 g/mol. The normalized spacial score (nSPS) is 15.2. The first kappa shape index (κ1) is 18.9. The van der Waals surface area contributed by atoms with Crippen molar-refractivity contribution in [2.45, 2.75) is 20.8 Å². The predicted octanol–water partition coefficient (Wildman–Crippen LogP) is 4.73. The molecule has 1 aromatic heterocycles. The molecule has 0 N–H and O–H groups in total. The highest BCUT2D eigenvalue weighted by Gasteiger charge is 2.22. The van der Waals surface area contributed by atoms with Crippen molar-refractivity contribution in [3.63, 3.8) is 0 Å². The number of carbonyl (C=O) groups is 2. The molecule has 0 saturated carbocycles. The van der Waals surface area contributed by atoms with Crippen LogP contribution in [-0.4, -0.2) is 24.3 Å². The Morgan fingerprint density at radius 1 is 1.30 bits per heavy atom. The molecular formula is C20H18ClNO5. The van der Waals surface area contributed by atoms with Crippen molar-refractivity contribution >= 4 is 35.3 Å². The van der Waals surface area contributed by atoms with Gasteiger partial charge in [0.15, 0.2) is 0 Å². The van der Waals surface area contributed by atoms with Gasteiger partial charge in [-0.25, -0.2) is 9.59 Å². The van der Waals surface area contributed by atoms with Crippen LogP contribution in [0.4, 0.5) is 0 Å². The minimum atomic E-state index is -0.521. The Kier molecular flexibility index (Phi) is 5.46. The van der Waals surface area contributed by atoms with Crippen LogP contribution in [0, 0.1) is 5.92 Å². The Morgan fingerprint density at radius 3 is 2.74 bits per heavy atom. The number of hydrogen-bond donors (Lipinski definition) is 0. The zero-order valence-corrected chi connectivity index (χ0v) is 15.9. The van der Waals surface area contributed by atoms with E-state index in [1.54, 1.807) is 43.3 Å². The van der Waals surface area contributed by atoms with Gasteiger partial charge in [-0.05, 0) is 49.2 Å². The van der Waals surface area contributed by atoms with E-state index in [2.05, 4.69) is 9.99 Å². The second-order valence-corrected chi connectivity index (χ2v) is 6.91. The Hall–Kier alpha value is -2.86. The van der Waals surface area contributed by atoms with Crippen molar-refractivity contribution in [3.8, 4) is 11.3 Å². The van der Waals surface area contributed by atoms with Gasteiger partial charge in [0.2, 0.25) is 0 Å². The maximum absolute atomic E-state index is 12.2. The van der Waals surface area contributed by atoms with Gasteiger partial charge < -0.3 is 14.0 Å². The Morgan fingerprint density at radius 2 is 2.07 bits per heavy atom. The van der Waals surface area contributed by atoms with E-state index in [0.29, 0.717) is 40.0 Å². The number of ether oxygens (including phenoxy) is 1.